The predicted molar refractivity (Wildman–Crippen MR) is 136 cm³/mol. The Balaban J connectivity index is 1.56. The summed E-state index contributed by atoms with van der Waals surface area (Å²) in [6, 6.07) is 12.2. The van der Waals surface area contributed by atoms with Gasteiger partial charge < -0.3 is 20.5 Å². The molecular weight excluding hydrogens is 491 g/mol. The quantitative estimate of drug-likeness (QED) is 0.322. The number of nitrogens with one attached hydrogen (secondary N) is 2. The minimum absolute atomic E-state index is 0.0582. The third kappa shape index (κ3) is 7.83. The average Bonchev–Trinajstić information content (AvgIpc) is 2.82. The summed E-state index contributed by atoms with van der Waals surface area (Å²) in [7, 11) is 0. The highest BCUT2D eigenvalue weighted by molar-refractivity contribution is 6.36. The third-order valence-electron chi connectivity index (χ3n) is 5.18. The van der Waals surface area contributed by atoms with Crippen molar-refractivity contribution >= 4 is 40.9 Å². The lowest BCUT2D eigenvalue weighted by Gasteiger charge is -2.23. The van der Waals surface area contributed by atoms with Crippen molar-refractivity contribution in [3.8, 4) is 17.0 Å². The maximum atomic E-state index is 12.1. The van der Waals surface area contributed by atoms with Gasteiger partial charge in [-0.3, -0.25) is 9.59 Å². The molecule has 0 aliphatic carbocycles. The van der Waals surface area contributed by atoms with E-state index in [1.165, 1.54) is 6.20 Å². The van der Waals surface area contributed by atoms with Gasteiger partial charge in [0.2, 0.25) is 5.88 Å². The first-order valence-corrected chi connectivity index (χ1v) is 11.8. The van der Waals surface area contributed by atoms with Crippen molar-refractivity contribution in [1.29, 1.82) is 0 Å². The van der Waals surface area contributed by atoms with E-state index in [9.17, 15) is 9.59 Å². The predicted octanol–water partition coefficient (Wildman–Crippen LogP) is 5.17. The molecule has 0 saturated heterocycles. The van der Waals surface area contributed by atoms with Crippen LogP contribution in [0.3, 0.4) is 0 Å². The molecule has 184 valence electrons. The van der Waals surface area contributed by atoms with E-state index in [2.05, 4.69) is 34.4 Å². The first-order valence-electron chi connectivity index (χ1n) is 11.0. The zero-order valence-corrected chi connectivity index (χ0v) is 20.8. The monoisotopic (exact) mass is 516 g/mol. The molecule has 10 heteroatoms. The Morgan fingerprint density at radius 2 is 1.86 bits per heavy atom. The Hall–Kier alpha value is -3.36. The number of rotatable bonds is 11. The molecule has 3 aromatic rings. The number of aromatic nitrogens is 2. The summed E-state index contributed by atoms with van der Waals surface area (Å²) >= 11 is 12.2. The van der Waals surface area contributed by atoms with E-state index in [4.69, 9.17) is 33.0 Å². The second-order valence-corrected chi connectivity index (χ2v) is 8.99. The number of benzene rings is 1. The van der Waals surface area contributed by atoms with E-state index >= 15 is 0 Å². The molecule has 0 bridgehead atoms. The fourth-order valence-electron chi connectivity index (χ4n) is 3.11. The lowest BCUT2D eigenvalue weighted by atomic mass is 10.1. The largest absolute Gasteiger partial charge is 0.481 e. The van der Waals surface area contributed by atoms with Gasteiger partial charge in [-0.2, -0.15) is 0 Å². The van der Waals surface area contributed by atoms with E-state index in [0.29, 0.717) is 33.9 Å². The van der Waals surface area contributed by atoms with Crippen LogP contribution in [0.2, 0.25) is 10.0 Å². The molecule has 0 spiro atoms. The fraction of sp³-hybridized carbons (Fsp3) is 0.280. The number of halogens is 2. The molecule has 0 aliphatic heterocycles. The standard InChI is InChI=1S/C25H26Cl2N4O4/c1-15(2)21(31-22-7-3-17(13-29-22)25(34)28-10-9-24(32)33)14-35-23-8-4-16(12-30-23)19-6-5-18(26)11-20(19)27/h3-8,11-13,15,21H,9-10,14H2,1-2H3,(H,28,34)(H,29,31)(H,32,33). The molecule has 1 amide bonds. The molecule has 3 N–H and O–H groups in total. The minimum Gasteiger partial charge on any atom is -0.481 e. The van der Waals surface area contributed by atoms with Gasteiger partial charge in [0.25, 0.3) is 5.91 Å². The third-order valence-corrected chi connectivity index (χ3v) is 5.73. The summed E-state index contributed by atoms with van der Waals surface area (Å²) in [5.41, 5.74) is 2.04. The van der Waals surface area contributed by atoms with E-state index in [0.717, 1.165) is 11.1 Å². The van der Waals surface area contributed by atoms with Crippen LogP contribution in [0.1, 0.15) is 30.6 Å². The highest BCUT2D eigenvalue weighted by Crippen LogP contribution is 2.30. The molecule has 1 unspecified atom stereocenters. The SMILES string of the molecule is CC(C)C(COc1ccc(-c2ccc(Cl)cc2Cl)cn1)Nc1ccc(C(=O)NCCC(=O)O)cn1. The summed E-state index contributed by atoms with van der Waals surface area (Å²) in [6.45, 7) is 4.53. The number of carboxylic acid groups (broad SMARTS) is 1. The normalized spacial score (nSPS) is 11.7. The van der Waals surface area contributed by atoms with Crippen LogP contribution in [0.15, 0.2) is 54.9 Å². The highest BCUT2D eigenvalue weighted by Gasteiger charge is 2.16. The number of hydrogen-bond acceptors (Lipinski definition) is 6. The fourth-order valence-corrected chi connectivity index (χ4v) is 3.63. The number of ether oxygens (including phenoxy) is 1. The van der Waals surface area contributed by atoms with Gasteiger partial charge >= 0.3 is 5.97 Å². The second kappa shape index (κ2) is 12.4. The lowest BCUT2D eigenvalue weighted by Crippen LogP contribution is -2.33. The molecule has 0 radical (unpaired) electrons. The van der Waals surface area contributed by atoms with Gasteiger partial charge in [0.05, 0.1) is 18.0 Å². The van der Waals surface area contributed by atoms with Crippen LogP contribution in [0.4, 0.5) is 5.82 Å². The second-order valence-electron chi connectivity index (χ2n) is 8.15. The maximum Gasteiger partial charge on any atom is 0.305 e. The van der Waals surface area contributed by atoms with Gasteiger partial charge in [0, 0.05) is 46.2 Å². The van der Waals surface area contributed by atoms with E-state index in [1.54, 1.807) is 36.5 Å². The first-order chi connectivity index (χ1) is 16.7. The number of aliphatic carboxylic acids is 1. The number of hydrogen-bond donors (Lipinski definition) is 3. The number of anilines is 1. The van der Waals surface area contributed by atoms with Gasteiger partial charge in [0.1, 0.15) is 12.4 Å². The number of carbonyl (C=O) groups is 2. The minimum atomic E-state index is -0.970. The van der Waals surface area contributed by atoms with Crippen molar-refractivity contribution in [3.05, 3.63) is 70.5 Å². The van der Waals surface area contributed by atoms with Crippen molar-refractivity contribution in [2.75, 3.05) is 18.5 Å². The molecule has 35 heavy (non-hydrogen) atoms. The van der Waals surface area contributed by atoms with E-state index in [1.807, 2.05) is 12.1 Å². The van der Waals surface area contributed by atoms with Crippen LogP contribution in [0.5, 0.6) is 5.88 Å². The number of nitrogens with zero attached hydrogens (tertiary/aromatic N) is 2. The Morgan fingerprint density at radius 1 is 1.06 bits per heavy atom. The Kier molecular flexibility index (Phi) is 9.28. The van der Waals surface area contributed by atoms with Crippen LogP contribution in [-0.4, -0.2) is 46.1 Å². The number of carbonyl (C=O) groups excluding carboxylic acids is 1. The molecular formula is C25H26Cl2N4O4. The first kappa shape index (κ1) is 26.2. The molecule has 2 aromatic heterocycles. The summed E-state index contributed by atoms with van der Waals surface area (Å²) in [6.07, 6.45) is 3.00. The van der Waals surface area contributed by atoms with Crippen LogP contribution < -0.4 is 15.4 Å². The van der Waals surface area contributed by atoms with E-state index < -0.39 is 5.97 Å². The average molecular weight is 517 g/mol. The molecule has 1 atom stereocenters. The summed E-state index contributed by atoms with van der Waals surface area (Å²) in [5.74, 6) is -0.0453. The number of amides is 1. The van der Waals surface area contributed by atoms with Gasteiger partial charge in [-0.1, -0.05) is 43.1 Å². The van der Waals surface area contributed by atoms with Crippen molar-refractivity contribution < 1.29 is 19.4 Å². The smallest absolute Gasteiger partial charge is 0.305 e. The summed E-state index contributed by atoms with van der Waals surface area (Å²) in [5, 5.41) is 15.6. The zero-order valence-electron chi connectivity index (χ0n) is 19.3. The van der Waals surface area contributed by atoms with Crippen molar-refractivity contribution in [2.45, 2.75) is 26.3 Å². The maximum absolute atomic E-state index is 12.1. The highest BCUT2D eigenvalue weighted by atomic mass is 35.5. The zero-order chi connectivity index (χ0) is 25.4. The van der Waals surface area contributed by atoms with Crippen LogP contribution >= 0.6 is 23.2 Å². The molecule has 0 saturated carbocycles. The molecule has 0 aliphatic rings. The molecule has 2 heterocycles. The van der Waals surface area contributed by atoms with Crippen LogP contribution in [-0.2, 0) is 4.79 Å². The number of carboxylic acids is 1. The van der Waals surface area contributed by atoms with Crippen LogP contribution in [0, 0.1) is 5.92 Å². The van der Waals surface area contributed by atoms with Gasteiger partial charge in [0.15, 0.2) is 0 Å². The molecule has 8 nitrogen and oxygen atoms in total. The topological polar surface area (TPSA) is 113 Å². The Labute approximate surface area is 213 Å². The molecule has 0 fully saturated rings. The van der Waals surface area contributed by atoms with Crippen molar-refractivity contribution in [3.63, 3.8) is 0 Å². The Bertz CT molecular complexity index is 1160. The summed E-state index contributed by atoms with van der Waals surface area (Å²) < 4.78 is 5.90. The van der Waals surface area contributed by atoms with Gasteiger partial charge in [-0.25, -0.2) is 9.97 Å². The van der Waals surface area contributed by atoms with Gasteiger partial charge in [-0.15, -0.1) is 0 Å². The van der Waals surface area contributed by atoms with Crippen molar-refractivity contribution in [1.82, 2.24) is 15.3 Å². The Morgan fingerprint density at radius 3 is 2.46 bits per heavy atom. The lowest BCUT2D eigenvalue weighted by molar-refractivity contribution is -0.136. The van der Waals surface area contributed by atoms with Gasteiger partial charge in [-0.05, 0) is 36.2 Å². The number of pyridine rings is 2. The van der Waals surface area contributed by atoms with Crippen LogP contribution in [0.25, 0.3) is 11.1 Å². The molecule has 1 aromatic carbocycles. The van der Waals surface area contributed by atoms with Crippen molar-refractivity contribution in [2.24, 2.45) is 5.92 Å². The van der Waals surface area contributed by atoms with E-state index in [-0.39, 0.29) is 30.8 Å². The molecule has 3 rings (SSSR count). The summed E-state index contributed by atoms with van der Waals surface area (Å²) in [4.78, 5) is 31.3.